The molecule has 0 spiro atoms. The number of hydrogen-bond donors (Lipinski definition) is 3. The minimum atomic E-state index is -0.290. The quantitative estimate of drug-likeness (QED) is 0.760. The molecular weight excluding hydrogens is 330 g/mol. The Morgan fingerprint density at radius 3 is 2.04 bits per heavy atom. The summed E-state index contributed by atoms with van der Waals surface area (Å²) in [5, 5.41) is 7.98. The van der Waals surface area contributed by atoms with E-state index in [1.165, 1.54) is 12.8 Å². The molecule has 26 heavy (non-hydrogen) atoms. The van der Waals surface area contributed by atoms with Gasteiger partial charge in [-0.1, -0.05) is 0 Å². The van der Waals surface area contributed by atoms with E-state index in [0.29, 0.717) is 23.0 Å². The van der Waals surface area contributed by atoms with E-state index in [4.69, 9.17) is 4.74 Å². The van der Waals surface area contributed by atoms with Crippen molar-refractivity contribution < 1.29 is 14.3 Å². The van der Waals surface area contributed by atoms with Crippen molar-refractivity contribution >= 4 is 23.3 Å². The minimum Gasteiger partial charge on any atom is -0.490 e. The molecular formula is C20H23N3O3. The Kier molecular flexibility index (Phi) is 5.73. The van der Waals surface area contributed by atoms with Gasteiger partial charge in [0, 0.05) is 24.0 Å². The third kappa shape index (κ3) is 4.75. The van der Waals surface area contributed by atoms with E-state index in [9.17, 15) is 9.59 Å². The first-order chi connectivity index (χ1) is 12.6. The van der Waals surface area contributed by atoms with Crippen LogP contribution in [-0.2, 0) is 0 Å². The monoisotopic (exact) mass is 353 g/mol. The van der Waals surface area contributed by atoms with Crippen molar-refractivity contribution in [1.29, 1.82) is 0 Å². The number of carbonyl (C=O) groups is 2. The molecule has 0 atom stereocenters. The van der Waals surface area contributed by atoms with Gasteiger partial charge in [0.2, 0.25) is 0 Å². The average molecular weight is 353 g/mol. The second kappa shape index (κ2) is 8.38. The van der Waals surface area contributed by atoms with Gasteiger partial charge in [-0.2, -0.15) is 0 Å². The lowest BCUT2D eigenvalue weighted by molar-refractivity contribution is 0.102. The van der Waals surface area contributed by atoms with Crippen LogP contribution in [0.15, 0.2) is 48.5 Å². The van der Waals surface area contributed by atoms with Crippen LogP contribution >= 0.6 is 0 Å². The number of urea groups is 1. The molecule has 2 aromatic carbocycles. The Hall–Kier alpha value is -3.02. The maximum atomic E-state index is 12.3. The topological polar surface area (TPSA) is 79.5 Å². The Bertz CT molecular complexity index is 751. The summed E-state index contributed by atoms with van der Waals surface area (Å²) in [6, 6.07) is 13.8. The van der Waals surface area contributed by atoms with E-state index in [1.54, 1.807) is 43.4 Å². The summed E-state index contributed by atoms with van der Waals surface area (Å²) in [7, 11) is 1.55. The van der Waals surface area contributed by atoms with E-state index in [2.05, 4.69) is 16.0 Å². The Morgan fingerprint density at radius 2 is 1.46 bits per heavy atom. The number of rotatable bonds is 5. The molecule has 0 aliphatic heterocycles. The van der Waals surface area contributed by atoms with E-state index in [0.717, 1.165) is 18.6 Å². The first kappa shape index (κ1) is 17.8. The third-order valence-corrected chi connectivity index (χ3v) is 4.35. The maximum absolute atomic E-state index is 12.3. The van der Waals surface area contributed by atoms with Crippen LogP contribution < -0.4 is 20.7 Å². The van der Waals surface area contributed by atoms with Gasteiger partial charge >= 0.3 is 6.03 Å². The van der Waals surface area contributed by atoms with Gasteiger partial charge in [0.25, 0.3) is 5.91 Å². The molecule has 6 heteroatoms. The van der Waals surface area contributed by atoms with E-state index in [-0.39, 0.29) is 11.9 Å². The summed E-state index contributed by atoms with van der Waals surface area (Å²) in [5.41, 5.74) is 1.87. The molecule has 3 N–H and O–H groups in total. The van der Waals surface area contributed by atoms with Crippen molar-refractivity contribution in [2.45, 2.75) is 31.8 Å². The lowest BCUT2D eigenvalue weighted by Gasteiger charge is -2.13. The summed E-state index contributed by atoms with van der Waals surface area (Å²) in [6.07, 6.45) is 4.96. The minimum absolute atomic E-state index is 0.190. The number of carbonyl (C=O) groups excluding carboxylic acids is 2. The molecule has 1 aliphatic rings. The van der Waals surface area contributed by atoms with Gasteiger partial charge in [-0.05, 0) is 74.2 Å². The number of nitrogens with one attached hydrogen (secondary N) is 3. The van der Waals surface area contributed by atoms with Crippen molar-refractivity contribution in [2.75, 3.05) is 17.7 Å². The molecule has 0 radical (unpaired) electrons. The predicted molar refractivity (Wildman–Crippen MR) is 102 cm³/mol. The molecule has 0 aromatic heterocycles. The second-order valence-electron chi connectivity index (χ2n) is 6.28. The van der Waals surface area contributed by atoms with E-state index < -0.39 is 0 Å². The van der Waals surface area contributed by atoms with Crippen molar-refractivity contribution in [3.8, 4) is 5.75 Å². The lowest BCUT2D eigenvalue weighted by Crippen LogP contribution is -2.24. The highest BCUT2D eigenvalue weighted by molar-refractivity contribution is 6.04. The largest absolute Gasteiger partial charge is 0.490 e. The van der Waals surface area contributed by atoms with Crippen LogP contribution in [0.4, 0.5) is 16.2 Å². The molecule has 2 aromatic rings. The Labute approximate surface area is 152 Å². The second-order valence-corrected chi connectivity index (χ2v) is 6.28. The SMILES string of the molecule is CNC(=O)Nc1ccc(NC(=O)c2ccc(OC3CCCC3)cc2)cc1. The van der Waals surface area contributed by atoms with Crippen LogP contribution in [0.1, 0.15) is 36.0 Å². The molecule has 1 fully saturated rings. The highest BCUT2D eigenvalue weighted by Gasteiger charge is 2.16. The van der Waals surface area contributed by atoms with Gasteiger partial charge in [0.05, 0.1) is 6.10 Å². The number of anilines is 2. The van der Waals surface area contributed by atoms with Crippen molar-refractivity contribution in [2.24, 2.45) is 0 Å². The molecule has 136 valence electrons. The van der Waals surface area contributed by atoms with E-state index >= 15 is 0 Å². The fraction of sp³-hybridized carbons (Fsp3) is 0.300. The fourth-order valence-electron chi connectivity index (χ4n) is 2.92. The number of hydrogen-bond acceptors (Lipinski definition) is 3. The zero-order valence-electron chi connectivity index (χ0n) is 14.7. The Morgan fingerprint density at radius 1 is 0.885 bits per heavy atom. The lowest BCUT2D eigenvalue weighted by atomic mass is 10.2. The highest BCUT2D eigenvalue weighted by Crippen LogP contribution is 2.24. The molecule has 1 aliphatic carbocycles. The summed E-state index contributed by atoms with van der Waals surface area (Å²) >= 11 is 0. The molecule has 3 rings (SSSR count). The summed E-state index contributed by atoms with van der Waals surface area (Å²) in [6.45, 7) is 0. The van der Waals surface area contributed by atoms with Gasteiger partial charge in [-0.3, -0.25) is 4.79 Å². The van der Waals surface area contributed by atoms with Gasteiger partial charge in [-0.25, -0.2) is 4.79 Å². The standard InChI is InChI=1S/C20H23N3O3/c1-21-20(25)23-16-10-8-15(9-11-16)22-19(24)14-6-12-18(13-7-14)26-17-4-2-3-5-17/h6-13,17H,2-5H2,1H3,(H,22,24)(H2,21,23,25). The zero-order valence-corrected chi connectivity index (χ0v) is 14.7. The van der Waals surface area contributed by atoms with Crippen LogP contribution in [0, 0.1) is 0 Å². The Balaban J connectivity index is 1.56. The third-order valence-electron chi connectivity index (χ3n) is 4.35. The number of benzene rings is 2. The summed E-state index contributed by atoms with van der Waals surface area (Å²) in [5.74, 6) is 0.613. The van der Waals surface area contributed by atoms with Crippen LogP contribution in [0.3, 0.4) is 0 Å². The van der Waals surface area contributed by atoms with Crippen LogP contribution in [0.5, 0.6) is 5.75 Å². The van der Waals surface area contributed by atoms with Crippen LogP contribution in [0.2, 0.25) is 0 Å². The molecule has 0 saturated heterocycles. The van der Waals surface area contributed by atoms with Gasteiger partial charge in [-0.15, -0.1) is 0 Å². The van der Waals surface area contributed by atoms with Crippen molar-refractivity contribution in [1.82, 2.24) is 5.32 Å². The molecule has 0 heterocycles. The van der Waals surface area contributed by atoms with Crippen LogP contribution in [0.25, 0.3) is 0 Å². The molecule has 0 unspecified atom stereocenters. The predicted octanol–water partition coefficient (Wildman–Crippen LogP) is 4.01. The first-order valence-corrected chi connectivity index (χ1v) is 8.81. The van der Waals surface area contributed by atoms with Gasteiger partial charge < -0.3 is 20.7 Å². The fourth-order valence-corrected chi connectivity index (χ4v) is 2.92. The van der Waals surface area contributed by atoms with Crippen molar-refractivity contribution in [3.63, 3.8) is 0 Å². The maximum Gasteiger partial charge on any atom is 0.318 e. The highest BCUT2D eigenvalue weighted by atomic mass is 16.5. The van der Waals surface area contributed by atoms with E-state index in [1.807, 2.05) is 12.1 Å². The normalized spacial score (nSPS) is 13.9. The van der Waals surface area contributed by atoms with Crippen LogP contribution in [-0.4, -0.2) is 25.1 Å². The van der Waals surface area contributed by atoms with Gasteiger partial charge in [0.1, 0.15) is 5.75 Å². The number of ether oxygens (including phenoxy) is 1. The summed E-state index contributed by atoms with van der Waals surface area (Å²) in [4.78, 5) is 23.6. The molecule has 1 saturated carbocycles. The van der Waals surface area contributed by atoms with Crippen molar-refractivity contribution in [3.05, 3.63) is 54.1 Å². The zero-order chi connectivity index (χ0) is 18.4. The first-order valence-electron chi connectivity index (χ1n) is 8.81. The molecule has 0 bridgehead atoms. The summed E-state index contributed by atoms with van der Waals surface area (Å²) < 4.78 is 5.91. The smallest absolute Gasteiger partial charge is 0.318 e. The number of amides is 3. The molecule has 6 nitrogen and oxygen atoms in total. The molecule has 3 amide bonds. The average Bonchev–Trinajstić information content (AvgIpc) is 3.17. The van der Waals surface area contributed by atoms with Gasteiger partial charge in [0.15, 0.2) is 0 Å².